The number of imide groups is 2. The lowest BCUT2D eigenvalue weighted by atomic mass is 9.78. The second-order valence-electron chi connectivity index (χ2n) is 13.5. The van der Waals surface area contributed by atoms with Gasteiger partial charge in [-0.25, -0.2) is 4.98 Å². The van der Waals surface area contributed by atoms with Crippen LogP contribution in [0.25, 0.3) is 0 Å². The lowest BCUT2D eigenvalue weighted by Crippen LogP contribution is -2.54. The van der Waals surface area contributed by atoms with E-state index < -0.39 is 29.7 Å². The number of pyridine rings is 1. The highest BCUT2D eigenvalue weighted by Crippen LogP contribution is 2.36. The van der Waals surface area contributed by atoms with Crippen LogP contribution in [-0.4, -0.2) is 57.5 Å². The fraction of sp³-hybridized carbons (Fsp3) is 0.282. The summed E-state index contributed by atoms with van der Waals surface area (Å²) in [5.41, 5.74) is 3.60. The summed E-state index contributed by atoms with van der Waals surface area (Å²) in [6.45, 7) is 5.81. The Labute approximate surface area is 289 Å². The molecule has 50 heavy (non-hydrogen) atoms. The second-order valence-corrected chi connectivity index (χ2v) is 13.5. The first kappa shape index (κ1) is 32.7. The Balaban J connectivity index is 0.912. The summed E-state index contributed by atoms with van der Waals surface area (Å²) in [6, 6.07) is 23.6. The number of benzene rings is 3. The summed E-state index contributed by atoms with van der Waals surface area (Å²) in [4.78, 5) is 66.6. The van der Waals surface area contributed by atoms with Crippen molar-refractivity contribution in [2.75, 3.05) is 5.32 Å². The molecule has 11 nitrogen and oxygen atoms in total. The largest absolute Gasteiger partial charge is 0.490 e. The number of carbonyl (C=O) groups excluding carboxylic acids is 5. The predicted molar refractivity (Wildman–Crippen MR) is 184 cm³/mol. The van der Waals surface area contributed by atoms with Crippen LogP contribution in [0.3, 0.4) is 0 Å². The van der Waals surface area contributed by atoms with Crippen LogP contribution in [0.1, 0.15) is 88.8 Å². The topological polar surface area (TPSA) is 144 Å². The summed E-state index contributed by atoms with van der Waals surface area (Å²) in [6.07, 6.45) is 3.32. The van der Waals surface area contributed by atoms with Crippen molar-refractivity contribution in [1.82, 2.24) is 15.2 Å². The van der Waals surface area contributed by atoms with Gasteiger partial charge in [0.25, 0.3) is 11.8 Å². The molecule has 3 heterocycles. The zero-order valence-corrected chi connectivity index (χ0v) is 27.9. The lowest BCUT2D eigenvalue weighted by Gasteiger charge is -2.36. The normalized spacial score (nSPS) is 20.1. The van der Waals surface area contributed by atoms with Gasteiger partial charge in [-0.3, -0.25) is 34.2 Å². The first-order valence-electron chi connectivity index (χ1n) is 16.6. The smallest absolute Gasteiger partial charge is 0.262 e. The number of amides is 4. The molecular weight excluding hydrogens is 636 g/mol. The summed E-state index contributed by atoms with van der Waals surface area (Å²) in [7, 11) is 0. The monoisotopic (exact) mass is 672 g/mol. The minimum Gasteiger partial charge on any atom is -0.490 e. The Kier molecular flexibility index (Phi) is 8.43. The molecule has 4 amide bonds. The van der Waals surface area contributed by atoms with Gasteiger partial charge in [0.2, 0.25) is 11.8 Å². The van der Waals surface area contributed by atoms with E-state index in [9.17, 15) is 24.0 Å². The van der Waals surface area contributed by atoms with E-state index in [2.05, 4.69) is 41.6 Å². The zero-order chi connectivity index (χ0) is 35.2. The number of carbonyl (C=O) groups is 5. The molecule has 0 spiro atoms. The van der Waals surface area contributed by atoms with Gasteiger partial charge < -0.3 is 14.8 Å². The maximum Gasteiger partial charge on any atom is 0.262 e. The molecule has 4 aromatic rings. The Hall–Kier alpha value is -5.84. The molecule has 3 aromatic carbocycles. The first-order chi connectivity index (χ1) is 24.0. The fourth-order valence-corrected chi connectivity index (χ4v) is 6.61. The highest BCUT2D eigenvalue weighted by Gasteiger charge is 2.44. The number of hydrogen-bond acceptors (Lipinski definition) is 9. The molecule has 3 aliphatic rings. The highest BCUT2D eigenvalue weighted by molar-refractivity contribution is 6.23. The van der Waals surface area contributed by atoms with E-state index >= 15 is 0 Å². The molecule has 1 aromatic heterocycles. The minimum absolute atomic E-state index is 0.0356. The van der Waals surface area contributed by atoms with E-state index in [1.54, 1.807) is 36.5 Å². The maximum absolute atomic E-state index is 13.2. The van der Waals surface area contributed by atoms with Gasteiger partial charge in [-0.2, -0.15) is 0 Å². The van der Waals surface area contributed by atoms with Crippen molar-refractivity contribution in [2.45, 2.75) is 70.1 Å². The number of nitrogens with one attached hydrogen (secondary N) is 2. The van der Waals surface area contributed by atoms with E-state index in [1.807, 2.05) is 36.4 Å². The molecule has 2 fully saturated rings. The van der Waals surface area contributed by atoms with Crippen LogP contribution in [0.5, 0.6) is 17.2 Å². The predicted octanol–water partition coefficient (Wildman–Crippen LogP) is 5.83. The van der Waals surface area contributed by atoms with E-state index in [4.69, 9.17) is 9.47 Å². The maximum atomic E-state index is 13.2. The second kappa shape index (κ2) is 12.9. The van der Waals surface area contributed by atoms with E-state index in [0.717, 1.165) is 34.6 Å². The van der Waals surface area contributed by atoms with Crippen LogP contribution in [0.15, 0.2) is 85.1 Å². The van der Waals surface area contributed by atoms with Crippen molar-refractivity contribution in [2.24, 2.45) is 0 Å². The molecule has 7 rings (SSSR count). The summed E-state index contributed by atoms with van der Waals surface area (Å²) >= 11 is 0. The molecule has 1 unspecified atom stereocenters. The molecule has 1 atom stereocenters. The number of hydrogen-bond donors (Lipinski definition) is 2. The number of Topliss-reactive ketones (excluding diaryl/α,β-unsaturated/α-hetero) is 1. The SMILES string of the molecule is CC(=O)c1ccc(Oc2ccc(C(C)(C)c3ccc(O[C@H]4C[C@H](Nc5ccc6c(c5)C(=O)N(C5CCC(=O)NC5=O)C6=O)C4)cc3)cc2)cn1. The van der Waals surface area contributed by atoms with Crippen LogP contribution in [-0.2, 0) is 15.0 Å². The number of piperidine rings is 1. The average Bonchev–Trinajstić information content (AvgIpc) is 3.32. The lowest BCUT2D eigenvalue weighted by molar-refractivity contribution is -0.136. The molecule has 1 aliphatic carbocycles. The third kappa shape index (κ3) is 6.34. The number of fused-ring (bicyclic) bond motifs is 1. The van der Waals surface area contributed by atoms with Gasteiger partial charge in [0.05, 0.1) is 17.3 Å². The Morgan fingerprint density at radius 2 is 1.48 bits per heavy atom. The van der Waals surface area contributed by atoms with Crippen molar-refractivity contribution in [3.8, 4) is 17.2 Å². The molecule has 1 saturated carbocycles. The summed E-state index contributed by atoms with van der Waals surface area (Å²) in [5, 5.41) is 5.64. The van der Waals surface area contributed by atoms with Gasteiger partial charge in [0.1, 0.15) is 35.1 Å². The average molecular weight is 673 g/mol. The van der Waals surface area contributed by atoms with Gasteiger partial charge in [0.15, 0.2) is 5.78 Å². The van der Waals surface area contributed by atoms with Crippen molar-refractivity contribution in [3.63, 3.8) is 0 Å². The van der Waals surface area contributed by atoms with Gasteiger partial charge in [-0.1, -0.05) is 38.1 Å². The Morgan fingerprint density at radius 3 is 2.10 bits per heavy atom. The molecule has 254 valence electrons. The van der Waals surface area contributed by atoms with Crippen LogP contribution in [0, 0.1) is 0 Å². The third-order valence-electron chi connectivity index (χ3n) is 9.69. The van der Waals surface area contributed by atoms with Crippen LogP contribution in [0.2, 0.25) is 0 Å². The quantitative estimate of drug-likeness (QED) is 0.157. The Bertz CT molecular complexity index is 2000. The van der Waals surface area contributed by atoms with Crippen molar-refractivity contribution >= 4 is 35.1 Å². The molecular formula is C39H36N4O7. The van der Waals surface area contributed by atoms with Crippen LogP contribution < -0.4 is 20.1 Å². The molecule has 0 bridgehead atoms. The number of anilines is 1. The zero-order valence-electron chi connectivity index (χ0n) is 27.9. The van der Waals surface area contributed by atoms with Gasteiger partial charge in [-0.15, -0.1) is 0 Å². The van der Waals surface area contributed by atoms with Gasteiger partial charge >= 0.3 is 0 Å². The summed E-state index contributed by atoms with van der Waals surface area (Å²) < 4.78 is 12.2. The Morgan fingerprint density at radius 1 is 0.840 bits per heavy atom. The molecule has 2 aliphatic heterocycles. The van der Waals surface area contributed by atoms with E-state index in [-0.39, 0.29) is 47.3 Å². The van der Waals surface area contributed by atoms with Crippen molar-refractivity contribution < 1.29 is 33.4 Å². The number of ketones is 1. The van der Waals surface area contributed by atoms with Crippen LogP contribution >= 0.6 is 0 Å². The molecule has 2 N–H and O–H groups in total. The third-order valence-corrected chi connectivity index (χ3v) is 9.69. The number of ether oxygens (including phenoxy) is 2. The van der Waals surface area contributed by atoms with Gasteiger partial charge in [-0.05, 0) is 72.1 Å². The van der Waals surface area contributed by atoms with Gasteiger partial charge in [0, 0.05) is 43.3 Å². The molecule has 11 heteroatoms. The van der Waals surface area contributed by atoms with Crippen molar-refractivity contribution in [1.29, 1.82) is 0 Å². The standard InChI is InChI=1S/C39H36N4O7/c1-22(44)33-15-13-29(21-40-33)49-27-9-4-23(5-10-27)39(2,3)24-6-11-28(12-7-24)50-30-18-26(19-30)41-25-8-14-31-32(20-25)38(48)43(37(31)47)34-16-17-35(45)42-36(34)46/h4-15,20-21,26,30,34,41H,16-19H2,1-3H3,(H,42,45,46)/t26-,30-,34?. The van der Waals surface area contributed by atoms with E-state index in [1.165, 1.54) is 6.92 Å². The minimum atomic E-state index is -0.989. The number of nitrogens with zero attached hydrogens (tertiary/aromatic N) is 2. The number of rotatable bonds is 10. The first-order valence-corrected chi connectivity index (χ1v) is 16.6. The number of aromatic nitrogens is 1. The summed E-state index contributed by atoms with van der Waals surface area (Å²) in [5.74, 6) is -0.146. The molecule has 0 radical (unpaired) electrons. The van der Waals surface area contributed by atoms with Crippen LogP contribution in [0.4, 0.5) is 5.69 Å². The molecule has 1 saturated heterocycles. The van der Waals surface area contributed by atoms with Crippen molar-refractivity contribution in [3.05, 3.63) is 113 Å². The van der Waals surface area contributed by atoms with E-state index in [0.29, 0.717) is 22.9 Å². The highest BCUT2D eigenvalue weighted by atomic mass is 16.5. The fourth-order valence-electron chi connectivity index (χ4n) is 6.61.